The van der Waals surface area contributed by atoms with Crippen LogP contribution in [0.15, 0.2) is 22.7 Å². The van der Waals surface area contributed by atoms with Gasteiger partial charge in [0.05, 0.1) is 7.11 Å². The molecule has 0 fully saturated rings. The summed E-state index contributed by atoms with van der Waals surface area (Å²) in [4.78, 5) is 8.69. The highest BCUT2D eigenvalue weighted by Crippen LogP contribution is 2.32. The monoisotopic (exact) mass is 374 g/mol. The quantitative estimate of drug-likeness (QED) is 0.691. The number of aromatic nitrogens is 2. The summed E-state index contributed by atoms with van der Waals surface area (Å²) in [6.45, 7) is 2.05. The lowest BCUT2D eigenvalue weighted by Gasteiger charge is -2.10. The summed E-state index contributed by atoms with van der Waals surface area (Å²) in [5.41, 5.74) is 1.58. The lowest BCUT2D eigenvalue weighted by atomic mass is 10.1. The highest BCUT2D eigenvalue weighted by Gasteiger charge is 2.14. The number of benzene rings is 1. The van der Waals surface area contributed by atoms with Gasteiger partial charge in [0.2, 0.25) is 0 Å². The number of halogens is 3. The van der Waals surface area contributed by atoms with E-state index in [0.717, 1.165) is 34.2 Å². The minimum atomic E-state index is 0.400. The van der Waals surface area contributed by atoms with Crippen LogP contribution in [0.2, 0.25) is 10.3 Å². The molecule has 0 bridgehead atoms. The summed E-state index contributed by atoms with van der Waals surface area (Å²) >= 11 is 15.9. The van der Waals surface area contributed by atoms with Crippen molar-refractivity contribution in [3.05, 3.63) is 38.5 Å². The van der Waals surface area contributed by atoms with E-state index in [2.05, 4.69) is 32.8 Å². The molecule has 2 aromatic rings. The number of nitrogens with zero attached hydrogens (tertiary/aromatic N) is 2. The van der Waals surface area contributed by atoms with E-state index in [1.807, 2.05) is 18.2 Å². The van der Waals surface area contributed by atoms with Crippen LogP contribution in [-0.2, 0) is 6.42 Å². The van der Waals surface area contributed by atoms with E-state index >= 15 is 0 Å². The zero-order chi connectivity index (χ0) is 14.7. The molecule has 2 rings (SSSR count). The number of hydrogen-bond donors (Lipinski definition) is 0. The second kappa shape index (κ2) is 6.74. The topological polar surface area (TPSA) is 35.0 Å². The number of rotatable bonds is 4. The molecule has 106 valence electrons. The van der Waals surface area contributed by atoms with Gasteiger partial charge in [-0.2, -0.15) is 0 Å². The van der Waals surface area contributed by atoms with E-state index in [-0.39, 0.29) is 0 Å². The molecule has 20 heavy (non-hydrogen) atoms. The summed E-state index contributed by atoms with van der Waals surface area (Å²) in [5.74, 6) is 1.20. The summed E-state index contributed by atoms with van der Waals surface area (Å²) < 4.78 is 6.07. The molecule has 0 spiro atoms. The van der Waals surface area contributed by atoms with E-state index in [1.54, 1.807) is 7.11 Å². The molecule has 6 heteroatoms. The first-order valence-electron chi connectivity index (χ1n) is 6.12. The van der Waals surface area contributed by atoms with Gasteiger partial charge in [-0.25, -0.2) is 9.97 Å². The largest absolute Gasteiger partial charge is 0.497 e. The molecule has 0 unspecified atom stereocenters. The van der Waals surface area contributed by atoms with E-state index in [0.29, 0.717) is 16.1 Å². The molecule has 0 radical (unpaired) electrons. The van der Waals surface area contributed by atoms with Gasteiger partial charge in [0.25, 0.3) is 0 Å². The van der Waals surface area contributed by atoms with Gasteiger partial charge in [-0.3, -0.25) is 0 Å². The first-order valence-corrected chi connectivity index (χ1v) is 7.67. The molecule has 0 saturated carbocycles. The van der Waals surface area contributed by atoms with Crippen molar-refractivity contribution in [3.63, 3.8) is 0 Å². The first-order chi connectivity index (χ1) is 9.56. The van der Waals surface area contributed by atoms with E-state index in [1.165, 1.54) is 0 Å². The fourth-order valence-electron chi connectivity index (χ4n) is 1.81. The molecule has 0 atom stereocenters. The molecule has 0 amide bonds. The fraction of sp³-hybridized carbons (Fsp3) is 0.286. The first kappa shape index (κ1) is 15.5. The predicted molar refractivity (Wildman–Crippen MR) is 85.7 cm³/mol. The zero-order valence-electron chi connectivity index (χ0n) is 11.1. The van der Waals surface area contributed by atoms with E-state index < -0.39 is 0 Å². The molecule has 3 nitrogen and oxygen atoms in total. The average molecular weight is 376 g/mol. The van der Waals surface area contributed by atoms with Gasteiger partial charge in [0.15, 0.2) is 5.82 Å². The molecule has 0 N–H and O–H groups in total. The summed E-state index contributed by atoms with van der Waals surface area (Å²) in [5, 5.41) is 0.799. The Bertz CT molecular complexity index is 612. The Labute approximate surface area is 136 Å². The van der Waals surface area contributed by atoms with Crippen molar-refractivity contribution in [2.75, 3.05) is 7.11 Å². The van der Waals surface area contributed by atoms with E-state index in [9.17, 15) is 0 Å². The van der Waals surface area contributed by atoms with Gasteiger partial charge in [0.1, 0.15) is 16.1 Å². The van der Waals surface area contributed by atoms with Crippen LogP contribution in [0.5, 0.6) is 5.75 Å². The normalized spacial score (nSPS) is 10.7. The number of ether oxygens (including phenoxy) is 1. The third kappa shape index (κ3) is 3.25. The lowest BCUT2D eigenvalue weighted by Crippen LogP contribution is -1.98. The average Bonchev–Trinajstić information content (AvgIpc) is 2.43. The molecule has 0 aliphatic heterocycles. The van der Waals surface area contributed by atoms with Gasteiger partial charge in [-0.05, 0) is 24.6 Å². The van der Waals surface area contributed by atoms with Crippen LogP contribution in [0.3, 0.4) is 0 Å². The summed E-state index contributed by atoms with van der Waals surface area (Å²) in [7, 11) is 1.61. The van der Waals surface area contributed by atoms with Crippen molar-refractivity contribution >= 4 is 39.1 Å². The Morgan fingerprint density at radius 1 is 1.20 bits per heavy atom. The van der Waals surface area contributed by atoms with Gasteiger partial charge < -0.3 is 4.74 Å². The van der Waals surface area contributed by atoms with Crippen LogP contribution in [0, 0.1) is 0 Å². The fourth-order valence-corrected chi connectivity index (χ4v) is 2.81. The molecular formula is C14H13BrCl2N2O. The highest BCUT2D eigenvalue weighted by molar-refractivity contribution is 9.10. The van der Waals surface area contributed by atoms with Crippen LogP contribution < -0.4 is 4.74 Å². The van der Waals surface area contributed by atoms with Crippen LogP contribution in [0.25, 0.3) is 11.4 Å². The second-order valence-corrected chi connectivity index (χ2v) is 5.77. The van der Waals surface area contributed by atoms with Crippen LogP contribution >= 0.6 is 39.1 Å². The molecule has 0 aliphatic carbocycles. The van der Waals surface area contributed by atoms with Crippen LogP contribution in [0.1, 0.15) is 18.9 Å². The van der Waals surface area contributed by atoms with Crippen LogP contribution in [0.4, 0.5) is 0 Å². The SMILES string of the molecule is CCCc1c(Cl)nc(-c2cc(OC)ccc2Br)nc1Cl. The Morgan fingerprint density at radius 3 is 2.40 bits per heavy atom. The molecule has 0 aliphatic rings. The smallest absolute Gasteiger partial charge is 0.163 e. The van der Waals surface area contributed by atoms with E-state index in [4.69, 9.17) is 27.9 Å². The number of methoxy groups -OCH3 is 1. The lowest BCUT2D eigenvalue weighted by molar-refractivity contribution is 0.415. The minimum absolute atomic E-state index is 0.400. The van der Waals surface area contributed by atoms with Gasteiger partial charge in [0, 0.05) is 15.6 Å². The maximum atomic E-state index is 6.21. The Kier molecular flexibility index (Phi) is 5.24. The van der Waals surface area contributed by atoms with Crippen molar-refractivity contribution in [1.82, 2.24) is 9.97 Å². The van der Waals surface area contributed by atoms with Gasteiger partial charge in [-0.1, -0.05) is 52.5 Å². The van der Waals surface area contributed by atoms with Gasteiger partial charge >= 0.3 is 0 Å². The van der Waals surface area contributed by atoms with Gasteiger partial charge in [-0.15, -0.1) is 0 Å². The third-order valence-corrected chi connectivity index (χ3v) is 4.14. The zero-order valence-corrected chi connectivity index (χ0v) is 14.2. The summed E-state index contributed by atoms with van der Waals surface area (Å²) in [6, 6.07) is 5.56. The van der Waals surface area contributed by atoms with Crippen LogP contribution in [-0.4, -0.2) is 17.1 Å². The van der Waals surface area contributed by atoms with Crippen molar-refractivity contribution in [2.45, 2.75) is 19.8 Å². The molecule has 0 saturated heterocycles. The van der Waals surface area contributed by atoms with Crippen molar-refractivity contribution in [3.8, 4) is 17.1 Å². The maximum absolute atomic E-state index is 6.21. The minimum Gasteiger partial charge on any atom is -0.497 e. The Morgan fingerprint density at radius 2 is 1.85 bits per heavy atom. The molecule has 1 heterocycles. The standard InChI is InChI=1S/C14H13BrCl2N2O/c1-3-4-9-12(16)18-14(19-13(9)17)10-7-8(20-2)5-6-11(10)15/h5-7H,3-4H2,1-2H3. The maximum Gasteiger partial charge on any atom is 0.163 e. The van der Waals surface area contributed by atoms with Crippen molar-refractivity contribution in [2.24, 2.45) is 0 Å². The number of hydrogen-bond acceptors (Lipinski definition) is 3. The van der Waals surface area contributed by atoms with Crippen molar-refractivity contribution < 1.29 is 4.74 Å². The second-order valence-electron chi connectivity index (χ2n) is 4.20. The third-order valence-electron chi connectivity index (χ3n) is 2.82. The summed E-state index contributed by atoms with van der Waals surface area (Å²) in [6.07, 6.45) is 1.70. The molecular weight excluding hydrogens is 363 g/mol. The molecule has 1 aromatic carbocycles. The van der Waals surface area contributed by atoms with Crippen molar-refractivity contribution in [1.29, 1.82) is 0 Å². The highest BCUT2D eigenvalue weighted by atomic mass is 79.9. The Balaban J connectivity index is 2.53. The molecule has 1 aromatic heterocycles. The predicted octanol–water partition coefficient (Wildman–Crippen LogP) is 5.17. The Hall–Kier alpha value is -0.840.